The molecule has 0 spiro atoms. The van der Waals surface area contributed by atoms with Crippen molar-refractivity contribution in [2.75, 3.05) is 31.2 Å². The molecule has 1 aromatic heterocycles. The van der Waals surface area contributed by atoms with Crippen molar-refractivity contribution < 1.29 is 14.6 Å². The molecule has 0 atom stereocenters. The van der Waals surface area contributed by atoms with Crippen LogP contribution >= 0.6 is 11.6 Å². The first kappa shape index (κ1) is 19.2. The molecule has 1 aliphatic heterocycles. The van der Waals surface area contributed by atoms with Gasteiger partial charge in [-0.2, -0.15) is 0 Å². The number of aromatic amines is 1. The standard InChI is InChI=1S/C21H18ClN3O4/c22-17(11-13-1-4-15(5-2-13)25-7-9-29-10-8-25)19-23-18-12-14(21(27)28)3-6-16(18)20(26)24-19/h1-6,11-12H,7-10H2,(H,27,28)(H,23,24,26)/p-1/b17-11-. The summed E-state index contributed by atoms with van der Waals surface area (Å²) in [6, 6.07) is 11.9. The van der Waals surface area contributed by atoms with Crippen molar-refractivity contribution in [3.8, 4) is 0 Å². The van der Waals surface area contributed by atoms with Crippen molar-refractivity contribution in [3.63, 3.8) is 0 Å². The Morgan fingerprint density at radius 3 is 2.59 bits per heavy atom. The van der Waals surface area contributed by atoms with Crippen molar-refractivity contribution >= 4 is 45.3 Å². The van der Waals surface area contributed by atoms with Gasteiger partial charge in [0.1, 0.15) is 0 Å². The van der Waals surface area contributed by atoms with Crippen LogP contribution in [0.4, 0.5) is 5.69 Å². The van der Waals surface area contributed by atoms with Crippen molar-refractivity contribution in [1.29, 1.82) is 0 Å². The van der Waals surface area contributed by atoms with Gasteiger partial charge in [-0.05, 0) is 41.5 Å². The van der Waals surface area contributed by atoms with E-state index in [1.807, 2.05) is 24.3 Å². The number of nitrogens with one attached hydrogen (secondary N) is 1. The summed E-state index contributed by atoms with van der Waals surface area (Å²) in [4.78, 5) is 32.5. The molecule has 3 aromatic rings. The number of carboxylic acid groups (broad SMARTS) is 1. The van der Waals surface area contributed by atoms with Gasteiger partial charge in [0.15, 0.2) is 5.82 Å². The van der Waals surface area contributed by atoms with Crippen LogP contribution in [0.15, 0.2) is 47.3 Å². The first-order valence-electron chi connectivity index (χ1n) is 9.07. The number of halogens is 1. The topological polar surface area (TPSA) is 98.3 Å². The number of morpholine rings is 1. The lowest BCUT2D eigenvalue weighted by Gasteiger charge is -2.28. The van der Waals surface area contributed by atoms with E-state index in [2.05, 4.69) is 14.9 Å². The summed E-state index contributed by atoms with van der Waals surface area (Å²) in [5, 5.41) is 11.6. The number of aromatic nitrogens is 2. The number of H-pyrrole nitrogens is 1. The average molecular weight is 411 g/mol. The van der Waals surface area contributed by atoms with Crippen molar-refractivity contribution in [1.82, 2.24) is 9.97 Å². The van der Waals surface area contributed by atoms with E-state index < -0.39 is 11.5 Å². The van der Waals surface area contributed by atoms with Crippen LogP contribution in [0.3, 0.4) is 0 Å². The molecule has 0 unspecified atom stereocenters. The molecule has 1 fully saturated rings. The number of rotatable bonds is 4. The lowest BCUT2D eigenvalue weighted by molar-refractivity contribution is -0.255. The van der Waals surface area contributed by atoms with Crippen LogP contribution < -0.4 is 15.6 Å². The Hall–Kier alpha value is -3.16. The Labute approximate surface area is 171 Å². The molecule has 8 heteroatoms. The smallest absolute Gasteiger partial charge is 0.259 e. The maximum absolute atomic E-state index is 12.3. The number of carbonyl (C=O) groups excluding carboxylic acids is 1. The van der Waals surface area contributed by atoms with Gasteiger partial charge in [0, 0.05) is 18.8 Å². The molecule has 29 heavy (non-hydrogen) atoms. The highest BCUT2D eigenvalue weighted by Crippen LogP contribution is 2.23. The number of carbonyl (C=O) groups is 1. The van der Waals surface area contributed by atoms with Gasteiger partial charge in [0.2, 0.25) is 0 Å². The number of nitrogens with zero attached hydrogens (tertiary/aromatic N) is 2. The molecule has 7 nitrogen and oxygen atoms in total. The molecule has 1 saturated heterocycles. The Kier molecular flexibility index (Phi) is 5.33. The molecule has 1 N–H and O–H groups in total. The first-order chi connectivity index (χ1) is 14.0. The van der Waals surface area contributed by atoms with E-state index in [1.54, 1.807) is 6.08 Å². The summed E-state index contributed by atoms with van der Waals surface area (Å²) >= 11 is 6.38. The Morgan fingerprint density at radius 2 is 1.90 bits per heavy atom. The Morgan fingerprint density at radius 1 is 1.17 bits per heavy atom. The summed E-state index contributed by atoms with van der Waals surface area (Å²) in [6.07, 6.45) is 1.69. The van der Waals surface area contributed by atoms with Gasteiger partial charge >= 0.3 is 0 Å². The number of benzene rings is 2. The number of aromatic carboxylic acids is 1. The van der Waals surface area contributed by atoms with Gasteiger partial charge in [0.05, 0.1) is 35.1 Å². The molecule has 0 radical (unpaired) electrons. The summed E-state index contributed by atoms with van der Waals surface area (Å²) in [5.74, 6) is -1.17. The van der Waals surface area contributed by atoms with Gasteiger partial charge in [-0.25, -0.2) is 4.98 Å². The fraction of sp³-hybridized carbons (Fsp3) is 0.190. The second kappa shape index (κ2) is 8.06. The van der Waals surface area contributed by atoms with E-state index in [0.29, 0.717) is 13.2 Å². The lowest BCUT2D eigenvalue weighted by Crippen LogP contribution is -2.36. The largest absolute Gasteiger partial charge is 0.545 e. The van der Waals surface area contributed by atoms with E-state index in [-0.39, 0.29) is 27.3 Å². The monoisotopic (exact) mass is 410 g/mol. The molecule has 2 heterocycles. The number of anilines is 1. The molecule has 0 bridgehead atoms. The molecule has 0 saturated carbocycles. The van der Waals surface area contributed by atoms with Crippen LogP contribution in [-0.4, -0.2) is 42.2 Å². The van der Waals surface area contributed by atoms with Crippen LogP contribution in [0.25, 0.3) is 22.0 Å². The highest BCUT2D eigenvalue weighted by Gasteiger charge is 2.11. The van der Waals surface area contributed by atoms with E-state index >= 15 is 0 Å². The Balaban J connectivity index is 1.63. The zero-order valence-corrected chi connectivity index (χ0v) is 16.1. The molecular formula is C21H17ClN3O4-. The highest BCUT2D eigenvalue weighted by atomic mass is 35.5. The summed E-state index contributed by atoms with van der Waals surface area (Å²) in [6.45, 7) is 3.14. The molecule has 0 aliphatic carbocycles. The van der Waals surface area contributed by atoms with Gasteiger partial charge < -0.3 is 24.5 Å². The number of ether oxygens (including phenoxy) is 1. The number of fused-ring (bicyclic) bond motifs is 1. The van der Waals surface area contributed by atoms with E-state index in [1.165, 1.54) is 18.2 Å². The second-order valence-electron chi connectivity index (χ2n) is 6.62. The van der Waals surface area contributed by atoms with Crippen molar-refractivity contribution in [2.24, 2.45) is 0 Å². The van der Waals surface area contributed by atoms with Crippen LogP contribution in [0.1, 0.15) is 21.7 Å². The minimum atomic E-state index is -1.34. The summed E-state index contributed by atoms with van der Waals surface area (Å²) in [5.41, 5.74) is 1.73. The summed E-state index contributed by atoms with van der Waals surface area (Å²) < 4.78 is 5.37. The van der Waals surface area contributed by atoms with Crippen LogP contribution in [-0.2, 0) is 4.74 Å². The fourth-order valence-electron chi connectivity index (χ4n) is 3.20. The first-order valence-corrected chi connectivity index (χ1v) is 9.45. The van der Waals surface area contributed by atoms with Gasteiger partial charge in [0.25, 0.3) is 5.56 Å². The summed E-state index contributed by atoms with van der Waals surface area (Å²) in [7, 11) is 0. The normalized spacial score (nSPS) is 14.9. The van der Waals surface area contributed by atoms with Crippen LogP contribution in [0.5, 0.6) is 0 Å². The van der Waals surface area contributed by atoms with Gasteiger partial charge in [-0.15, -0.1) is 0 Å². The minimum absolute atomic E-state index is 0.0552. The zero-order valence-electron chi connectivity index (χ0n) is 15.4. The lowest BCUT2D eigenvalue weighted by atomic mass is 10.1. The third-order valence-electron chi connectivity index (χ3n) is 4.73. The molecule has 0 amide bonds. The number of hydrogen-bond donors (Lipinski definition) is 1. The van der Waals surface area contributed by atoms with Gasteiger partial charge in [-0.3, -0.25) is 4.79 Å². The van der Waals surface area contributed by atoms with E-state index in [4.69, 9.17) is 16.3 Å². The highest BCUT2D eigenvalue weighted by molar-refractivity contribution is 6.50. The SMILES string of the molecule is O=C([O-])c1ccc2c(=O)[nH]c(/C(Cl)=C/c3ccc(N4CCOCC4)cc3)nc2c1. The number of carboxylic acids is 1. The predicted molar refractivity (Wildman–Crippen MR) is 110 cm³/mol. The molecule has 4 rings (SSSR count). The maximum Gasteiger partial charge on any atom is 0.259 e. The Bertz CT molecular complexity index is 1150. The van der Waals surface area contributed by atoms with Crippen LogP contribution in [0, 0.1) is 0 Å². The van der Waals surface area contributed by atoms with Crippen molar-refractivity contribution in [2.45, 2.75) is 0 Å². The average Bonchev–Trinajstić information content (AvgIpc) is 2.74. The predicted octanol–water partition coefficient (Wildman–Crippen LogP) is 1.86. The maximum atomic E-state index is 12.3. The van der Waals surface area contributed by atoms with Crippen LogP contribution in [0.2, 0.25) is 0 Å². The number of hydrogen-bond acceptors (Lipinski definition) is 6. The van der Waals surface area contributed by atoms with E-state index in [9.17, 15) is 14.7 Å². The van der Waals surface area contributed by atoms with Gasteiger partial charge in [-0.1, -0.05) is 29.8 Å². The molecule has 148 valence electrons. The zero-order chi connectivity index (χ0) is 20.4. The minimum Gasteiger partial charge on any atom is -0.545 e. The molecule has 2 aromatic carbocycles. The second-order valence-corrected chi connectivity index (χ2v) is 7.02. The quantitative estimate of drug-likeness (QED) is 0.705. The van der Waals surface area contributed by atoms with Crippen molar-refractivity contribution in [3.05, 3.63) is 69.8 Å². The fourth-order valence-corrected chi connectivity index (χ4v) is 3.41. The molecule has 1 aliphatic rings. The molecular weight excluding hydrogens is 394 g/mol. The third kappa shape index (κ3) is 4.16. The van der Waals surface area contributed by atoms with E-state index in [0.717, 1.165) is 24.3 Å². The third-order valence-corrected chi connectivity index (χ3v) is 5.02.